The summed E-state index contributed by atoms with van der Waals surface area (Å²) < 4.78 is 24.2. The molecular weight excluding hydrogens is 457 g/mol. The summed E-state index contributed by atoms with van der Waals surface area (Å²) in [6, 6.07) is 8.73. The highest BCUT2D eigenvalue weighted by atomic mass is 79.9. The number of nitrogens with zero attached hydrogens (tertiary/aromatic N) is 1. The van der Waals surface area contributed by atoms with Gasteiger partial charge in [0.1, 0.15) is 12.4 Å². The first-order valence-corrected chi connectivity index (χ1v) is 9.53. The lowest BCUT2D eigenvalue weighted by Gasteiger charge is -2.11. The summed E-state index contributed by atoms with van der Waals surface area (Å²) in [7, 11) is 1.49. The van der Waals surface area contributed by atoms with E-state index >= 15 is 0 Å². The van der Waals surface area contributed by atoms with Crippen LogP contribution in [0.25, 0.3) is 0 Å². The van der Waals surface area contributed by atoms with Crippen LogP contribution in [-0.4, -0.2) is 31.7 Å². The molecule has 7 nitrogen and oxygen atoms in total. The van der Waals surface area contributed by atoms with Crippen molar-refractivity contribution in [1.82, 2.24) is 5.43 Å². The number of hydrogen-bond donors (Lipinski definition) is 2. The number of methoxy groups -OCH3 is 1. The molecular formula is C21H19BrFN3O4. The smallest absolute Gasteiger partial charge is 0.240 e. The van der Waals surface area contributed by atoms with Gasteiger partial charge >= 0.3 is 0 Å². The molecule has 0 spiro atoms. The third kappa shape index (κ3) is 7.22. The van der Waals surface area contributed by atoms with Gasteiger partial charge in [-0.15, -0.1) is 6.42 Å². The van der Waals surface area contributed by atoms with E-state index in [2.05, 4.69) is 37.7 Å². The van der Waals surface area contributed by atoms with Crippen molar-refractivity contribution in [3.8, 4) is 23.8 Å². The Morgan fingerprint density at radius 2 is 1.93 bits per heavy atom. The number of ether oxygens (including phenoxy) is 2. The van der Waals surface area contributed by atoms with Crippen molar-refractivity contribution in [2.24, 2.45) is 5.10 Å². The molecule has 2 aromatic carbocycles. The Balaban J connectivity index is 1.85. The van der Waals surface area contributed by atoms with Gasteiger partial charge < -0.3 is 14.8 Å². The number of rotatable bonds is 9. The Bertz CT molecular complexity index is 971. The van der Waals surface area contributed by atoms with Gasteiger partial charge in [-0.3, -0.25) is 9.59 Å². The fourth-order valence-electron chi connectivity index (χ4n) is 2.29. The highest BCUT2D eigenvalue weighted by Crippen LogP contribution is 2.36. The van der Waals surface area contributed by atoms with Crippen LogP contribution in [0.15, 0.2) is 46.0 Å². The molecule has 30 heavy (non-hydrogen) atoms. The lowest BCUT2D eigenvalue weighted by Crippen LogP contribution is -2.20. The molecule has 0 aliphatic heterocycles. The second-order valence-corrected chi connectivity index (χ2v) is 6.73. The lowest BCUT2D eigenvalue weighted by molar-refractivity contribution is -0.124. The van der Waals surface area contributed by atoms with Gasteiger partial charge in [0.15, 0.2) is 11.5 Å². The predicted molar refractivity (Wildman–Crippen MR) is 115 cm³/mol. The number of amides is 2. The molecule has 2 amide bonds. The zero-order valence-corrected chi connectivity index (χ0v) is 17.7. The average molecular weight is 476 g/mol. The number of carbonyl (C=O) groups excluding carboxylic acids is 2. The van der Waals surface area contributed by atoms with E-state index in [1.165, 1.54) is 37.6 Å². The first kappa shape index (κ1) is 22.9. The first-order valence-electron chi connectivity index (χ1n) is 8.74. The van der Waals surface area contributed by atoms with E-state index in [4.69, 9.17) is 15.9 Å². The van der Waals surface area contributed by atoms with Crippen molar-refractivity contribution in [2.75, 3.05) is 19.0 Å². The van der Waals surface area contributed by atoms with Crippen LogP contribution in [0.5, 0.6) is 11.5 Å². The summed E-state index contributed by atoms with van der Waals surface area (Å²) in [5.74, 6) is 2.09. The van der Waals surface area contributed by atoms with E-state index in [1.807, 2.05) is 0 Å². The molecule has 2 aromatic rings. The van der Waals surface area contributed by atoms with Crippen LogP contribution in [-0.2, 0) is 9.59 Å². The first-order chi connectivity index (χ1) is 14.4. The minimum Gasteiger partial charge on any atom is -0.493 e. The minimum atomic E-state index is -0.430. The van der Waals surface area contributed by atoms with Crippen LogP contribution >= 0.6 is 15.9 Å². The molecule has 0 saturated carbocycles. The summed E-state index contributed by atoms with van der Waals surface area (Å²) >= 11 is 3.37. The van der Waals surface area contributed by atoms with Crippen molar-refractivity contribution < 1.29 is 23.5 Å². The third-order valence-corrected chi connectivity index (χ3v) is 4.25. The van der Waals surface area contributed by atoms with Gasteiger partial charge in [-0.1, -0.05) is 5.92 Å². The van der Waals surface area contributed by atoms with Gasteiger partial charge in [0.05, 0.1) is 17.8 Å². The van der Waals surface area contributed by atoms with Gasteiger partial charge in [-0.2, -0.15) is 5.10 Å². The molecule has 156 valence electrons. The number of hydrazone groups is 1. The molecule has 0 fully saturated rings. The highest BCUT2D eigenvalue weighted by Gasteiger charge is 2.11. The molecule has 0 aromatic heterocycles. The summed E-state index contributed by atoms with van der Waals surface area (Å²) in [6.45, 7) is 0.0905. The average Bonchev–Trinajstić information content (AvgIpc) is 2.73. The molecule has 2 rings (SSSR count). The predicted octanol–water partition coefficient (Wildman–Crippen LogP) is 3.48. The molecule has 0 atom stereocenters. The van der Waals surface area contributed by atoms with Crippen molar-refractivity contribution in [1.29, 1.82) is 0 Å². The topological polar surface area (TPSA) is 89.0 Å². The standard InChI is InChI=1S/C21H19BrFN3O4/c1-3-10-30-21-17(22)11-14(12-18(21)29-2)13-24-26-20(28)9-8-19(27)25-16-6-4-15(23)5-7-16/h1,4-7,11-13H,8-10H2,2H3,(H,25,27)(H,26,28). The summed E-state index contributed by atoms with van der Waals surface area (Å²) in [5, 5.41) is 6.45. The Labute approximate surface area is 181 Å². The van der Waals surface area contributed by atoms with Gasteiger partial charge in [0, 0.05) is 18.5 Å². The third-order valence-electron chi connectivity index (χ3n) is 3.66. The van der Waals surface area contributed by atoms with Gasteiger partial charge in [0.25, 0.3) is 0 Å². The van der Waals surface area contributed by atoms with E-state index in [9.17, 15) is 14.0 Å². The van der Waals surface area contributed by atoms with Crippen LogP contribution in [0.4, 0.5) is 10.1 Å². The maximum atomic E-state index is 12.9. The summed E-state index contributed by atoms with van der Waals surface area (Å²) in [4.78, 5) is 23.7. The van der Waals surface area contributed by atoms with Crippen LogP contribution in [0.3, 0.4) is 0 Å². The molecule has 0 radical (unpaired) electrons. The van der Waals surface area contributed by atoms with Gasteiger partial charge in [0.2, 0.25) is 11.8 Å². The highest BCUT2D eigenvalue weighted by molar-refractivity contribution is 9.10. The number of terminal acetylenes is 1. The molecule has 0 saturated heterocycles. The maximum Gasteiger partial charge on any atom is 0.240 e. The van der Waals surface area contributed by atoms with Crippen LogP contribution in [0.2, 0.25) is 0 Å². The second-order valence-electron chi connectivity index (χ2n) is 5.88. The number of anilines is 1. The summed E-state index contributed by atoms with van der Waals surface area (Å²) in [5.41, 5.74) is 3.44. The molecule has 2 N–H and O–H groups in total. The normalized spacial score (nSPS) is 10.3. The minimum absolute atomic E-state index is 0.0423. The van der Waals surface area contributed by atoms with Crippen molar-refractivity contribution >= 4 is 39.6 Å². The number of carbonyl (C=O) groups is 2. The maximum absolute atomic E-state index is 12.9. The zero-order valence-electron chi connectivity index (χ0n) is 16.1. The van der Waals surface area contributed by atoms with E-state index in [0.717, 1.165) is 0 Å². The monoisotopic (exact) mass is 475 g/mol. The van der Waals surface area contributed by atoms with Gasteiger partial charge in [-0.05, 0) is 57.9 Å². The van der Waals surface area contributed by atoms with Crippen molar-refractivity contribution in [3.63, 3.8) is 0 Å². The number of nitrogens with one attached hydrogen (secondary N) is 2. The lowest BCUT2D eigenvalue weighted by atomic mass is 10.2. The second kappa shape index (κ2) is 11.6. The fourth-order valence-corrected chi connectivity index (χ4v) is 2.86. The molecule has 0 bridgehead atoms. The molecule has 0 unspecified atom stereocenters. The fraction of sp³-hybridized carbons (Fsp3) is 0.190. The molecule has 0 aliphatic carbocycles. The van der Waals surface area contributed by atoms with E-state index in [0.29, 0.717) is 27.2 Å². The van der Waals surface area contributed by atoms with Gasteiger partial charge in [-0.25, -0.2) is 9.82 Å². The van der Waals surface area contributed by atoms with Crippen LogP contribution in [0.1, 0.15) is 18.4 Å². The quantitative estimate of drug-likeness (QED) is 0.330. The molecule has 9 heteroatoms. The SMILES string of the molecule is C#CCOc1c(Br)cc(C=NNC(=O)CCC(=O)Nc2ccc(F)cc2)cc1OC. The largest absolute Gasteiger partial charge is 0.493 e. The van der Waals surface area contributed by atoms with Crippen LogP contribution < -0.4 is 20.2 Å². The zero-order chi connectivity index (χ0) is 21.9. The van der Waals surface area contributed by atoms with Crippen molar-refractivity contribution in [2.45, 2.75) is 12.8 Å². The van der Waals surface area contributed by atoms with E-state index in [1.54, 1.807) is 12.1 Å². The Morgan fingerprint density at radius 1 is 1.23 bits per heavy atom. The van der Waals surface area contributed by atoms with Crippen molar-refractivity contribution in [3.05, 3.63) is 52.3 Å². The van der Waals surface area contributed by atoms with E-state index < -0.39 is 11.7 Å². The Morgan fingerprint density at radius 3 is 2.60 bits per heavy atom. The van der Waals surface area contributed by atoms with E-state index in [-0.39, 0.29) is 25.4 Å². The number of benzene rings is 2. The van der Waals surface area contributed by atoms with Crippen LogP contribution in [0, 0.1) is 18.2 Å². The Hall–Kier alpha value is -3.38. The Kier molecular flexibility index (Phi) is 8.84. The molecule has 0 aliphatic rings. The number of hydrogen-bond acceptors (Lipinski definition) is 5. The number of halogens is 2. The summed E-state index contributed by atoms with van der Waals surface area (Å²) in [6.07, 6.45) is 6.52. The molecule has 0 heterocycles.